The van der Waals surface area contributed by atoms with Crippen LogP contribution in [0.15, 0.2) is 35.4 Å². The van der Waals surface area contributed by atoms with Gasteiger partial charge in [0.25, 0.3) is 0 Å². The number of hydrogen-bond donors (Lipinski definition) is 1. The number of alkyl carbamates (subject to hydrolysis) is 1. The highest BCUT2D eigenvalue weighted by atomic mass is 16.5. The van der Waals surface area contributed by atoms with Crippen LogP contribution in [-0.4, -0.2) is 31.3 Å². The Kier molecular flexibility index (Phi) is 6.03. The zero-order chi connectivity index (χ0) is 17.4. The van der Waals surface area contributed by atoms with Gasteiger partial charge in [-0.25, -0.2) is 4.79 Å². The second-order valence-electron chi connectivity index (χ2n) is 5.74. The van der Waals surface area contributed by atoms with Gasteiger partial charge in [0.15, 0.2) is 0 Å². The summed E-state index contributed by atoms with van der Waals surface area (Å²) in [6.07, 6.45) is 0.725. The number of carbonyl (C=O) groups is 2. The molecule has 1 aliphatic carbocycles. The number of azide groups is 1. The second-order valence-corrected chi connectivity index (χ2v) is 5.74. The van der Waals surface area contributed by atoms with Crippen molar-refractivity contribution in [3.8, 4) is 0 Å². The van der Waals surface area contributed by atoms with Gasteiger partial charge in [-0.05, 0) is 29.9 Å². The number of esters is 1. The summed E-state index contributed by atoms with van der Waals surface area (Å²) in [5, 5.41) is 6.28. The fourth-order valence-corrected chi connectivity index (χ4v) is 2.72. The molecule has 1 N–H and O–H groups in total. The summed E-state index contributed by atoms with van der Waals surface area (Å²) in [5.74, 6) is -0.337. The van der Waals surface area contributed by atoms with Crippen LogP contribution in [0.2, 0.25) is 0 Å². The zero-order valence-corrected chi connectivity index (χ0v) is 13.5. The van der Waals surface area contributed by atoms with Crippen LogP contribution in [0.4, 0.5) is 4.79 Å². The maximum atomic E-state index is 12.0. The molecule has 0 aromatic heterocycles. The molecule has 1 fully saturated rings. The van der Waals surface area contributed by atoms with E-state index in [1.165, 1.54) is 7.11 Å². The summed E-state index contributed by atoms with van der Waals surface area (Å²) in [7, 11) is 1.31. The lowest BCUT2D eigenvalue weighted by atomic mass is 10.1. The van der Waals surface area contributed by atoms with E-state index < -0.39 is 17.6 Å². The minimum absolute atomic E-state index is 0.0615. The molecule has 8 nitrogen and oxygen atoms in total. The number of carbonyl (C=O) groups excluding carboxylic acids is 2. The fraction of sp³-hybridized carbons (Fsp3) is 0.500. The summed E-state index contributed by atoms with van der Waals surface area (Å²) < 4.78 is 9.91. The number of methoxy groups -OCH3 is 1. The van der Waals surface area contributed by atoms with Crippen LogP contribution >= 0.6 is 0 Å². The molecule has 1 aromatic rings. The number of nitrogens with zero attached hydrogens (tertiary/aromatic N) is 3. The molecular weight excluding hydrogens is 312 g/mol. The van der Waals surface area contributed by atoms with Crippen molar-refractivity contribution in [3.05, 3.63) is 46.3 Å². The maximum absolute atomic E-state index is 12.0. The highest BCUT2D eigenvalue weighted by Crippen LogP contribution is 2.48. The van der Waals surface area contributed by atoms with Crippen molar-refractivity contribution in [2.45, 2.75) is 31.4 Å². The predicted molar refractivity (Wildman–Crippen MR) is 85.9 cm³/mol. The van der Waals surface area contributed by atoms with E-state index in [0.29, 0.717) is 19.4 Å². The first kappa shape index (κ1) is 17.6. The third kappa shape index (κ3) is 4.89. The van der Waals surface area contributed by atoms with Crippen LogP contribution in [0.5, 0.6) is 0 Å². The van der Waals surface area contributed by atoms with Crippen molar-refractivity contribution in [2.75, 3.05) is 13.7 Å². The largest absolute Gasteiger partial charge is 0.469 e. The predicted octanol–water partition coefficient (Wildman–Crippen LogP) is 2.94. The number of benzene rings is 1. The number of ether oxygens (including phenoxy) is 2. The molecular formula is C16H20N4O4. The number of hydrogen-bond acceptors (Lipinski definition) is 5. The summed E-state index contributed by atoms with van der Waals surface area (Å²) in [4.78, 5) is 26.4. The average molecular weight is 332 g/mol. The molecule has 0 aliphatic heterocycles. The SMILES string of the molecule is COC(=O)CC1(NC(=O)OCc2ccccc2)CC1CCN=[N+]=[N-]. The molecule has 8 heteroatoms. The standard InChI is InChI=1S/C16H20N4O4/c1-23-14(21)10-16(9-13(16)7-8-18-20-17)19-15(22)24-11-12-5-3-2-4-6-12/h2-6,13H,7-11H2,1H3,(H,19,22). The van der Waals surface area contributed by atoms with E-state index >= 15 is 0 Å². The molecule has 0 bridgehead atoms. The van der Waals surface area contributed by atoms with Crippen LogP contribution in [-0.2, 0) is 20.9 Å². The third-order valence-corrected chi connectivity index (χ3v) is 4.12. The van der Waals surface area contributed by atoms with E-state index in [4.69, 9.17) is 15.0 Å². The minimum Gasteiger partial charge on any atom is -0.469 e. The molecule has 1 aromatic carbocycles. The molecule has 1 saturated carbocycles. The average Bonchev–Trinajstić information content (AvgIpc) is 3.25. The van der Waals surface area contributed by atoms with Gasteiger partial charge in [-0.15, -0.1) is 0 Å². The van der Waals surface area contributed by atoms with Gasteiger partial charge in [-0.1, -0.05) is 35.4 Å². The van der Waals surface area contributed by atoms with E-state index in [-0.39, 0.29) is 18.9 Å². The van der Waals surface area contributed by atoms with Gasteiger partial charge in [0.05, 0.1) is 19.1 Å². The summed E-state index contributed by atoms with van der Waals surface area (Å²) in [5.41, 5.74) is 8.54. The Balaban J connectivity index is 1.89. The normalized spacial score (nSPS) is 21.3. The highest BCUT2D eigenvalue weighted by Gasteiger charge is 2.56. The van der Waals surface area contributed by atoms with Gasteiger partial charge in [-0.2, -0.15) is 0 Å². The van der Waals surface area contributed by atoms with Crippen molar-refractivity contribution in [1.82, 2.24) is 5.32 Å². The molecule has 0 saturated heterocycles. The van der Waals surface area contributed by atoms with Crippen molar-refractivity contribution in [2.24, 2.45) is 11.0 Å². The first-order valence-electron chi connectivity index (χ1n) is 7.66. The molecule has 24 heavy (non-hydrogen) atoms. The van der Waals surface area contributed by atoms with Crippen molar-refractivity contribution >= 4 is 12.1 Å². The summed E-state index contributed by atoms with van der Waals surface area (Å²) >= 11 is 0. The number of amides is 1. The Hall–Kier alpha value is -2.73. The van der Waals surface area contributed by atoms with Crippen LogP contribution in [0.1, 0.15) is 24.8 Å². The van der Waals surface area contributed by atoms with Gasteiger partial charge in [0, 0.05) is 11.5 Å². The monoisotopic (exact) mass is 332 g/mol. The molecule has 0 radical (unpaired) electrons. The first-order chi connectivity index (χ1) is 11.6. The minimum atomic E-state index is -0.675. The van der Waals surface area contributed by atoms with E-state index in [2.05, 4.69) is 15.3 Å². The van der Waals surface area contributed by atoms with Gasteiger partial charge >= 0.3 is 12.1 Å². The molecule has 0 spiro atoms. The van der Waals surface area contributed by atoms with Gasteiger partial charge in [0.2, 0.25) is 0 Å². The molecule has 2 rings (SSSR count). The zero-order valence-electron chi connectivity index (χ0n) is 13.5. The van der Waals surface area contributed by atoms with E-state index in [0.717, 1.165) is 5.56 Å². The lowest BCUT2D eigenvalue weighted by Gasteiger charge is -2.18. The van der Waals surface area contributed by atoms with Crippen molar-refractivity contribution < 1.29 is 19.1 Å². The van der Waals surface area contributed by atoms with Crippen LogP contribution in [0, 0.1) is 5.92 Å². The topological polar surface area (TPSA) is 113 Å². The molecule has 0 heterocycles. The van der Waals surface area contributed by atoms with Crippen molar-refractivity contribution in [3.63, 3.8) is 0 Å². The number of rotatable bonds is 8. The van der Waals surface area contributed by atoms with E-state index in [1.807, 2.05) is 30.3 Å². The molecule has 1 aliphatic rings. The van der Waals surface area contributed by atoms with E-state index in [9.17, 15) is 9.59 Å². The summed E-state index contributed by atoms with van der Waals surface area (Å²) in [6, 6.07) is 9.33. The lowest BCUT2D eigenvalue weighted by Crippen LogP contribution is -2.41. The van der Waals surface area contributed by atoms with E-state index in [1.54, 1.807) is 0 Å². The first-order valence-corrected chi connectivity index (χ1v) is 7.66. The molecule has 128 valence electrons. The Morgan fingerprint density at radius 1 is 1.42 bits per heavy atom. The van der Waals surface area contributed by atoms with Crippen LogP contribution in [0.25, 0.3) is 10.4 Å². The number of nitrogens with one attached hydrogen (secondary N) is 1. The Bertz CT molecular complexity index is 630. The Labute approximate surface area is 139 Å². The quantitative estimate of drug-likeness (QED) is 0.341. The van der Waals surface area contributed by atoms with Crippen molar-refractivity contribution in [1.29, 1.82) is 0 Å². The van der Waals surface area contributed by atoms with Crippen LogP contribution < -0.4 is 5.32 Å². The Morgan fingerprint density at radius 2 is 2.17 bits per heavy atom. The van der Waals surface area contributed by atoms with Gasteiger partial charge < -0.3 is 14.8 Å². The maximum Gasteiger partial charge on any atom is 0.407 e. The fourth-order valence-electron chi connectivity index (χ4n) is 2.72. The third-order valence-electron chi connectivity index (χ3n) is 4.12. The smallest absolute Gasteiger partial charge is 0.407 e. The molecule has 1 amide bonds. The van der Waals surface area contributed by atoms with Gasteiger partial charge in [0.1, 0.15) is 6.61 Å². The van der Waals surface area contributed by atoms with Crippen LogP contribution in [0.3, 0.4) is 0 Å². The molecule has 2 unspecified atom stereocenters. The highest BCUT2D eigenvalue weighted by molar-refractivity contribution is 5.75. The second kappa shape index (κ2) is 8.21. The Morgan fingerprint density at radius 3 is 2.83 bits per heavy atom. The lowest BCUT2D eigenvalue weighted by molar-refractivity contribution is -0.141. The van der Waals surface area contributed by atoms with Gasteiger partial charge in [-0.3, -0.25) is 4.79 Å². The summed E-state index contributed by atoms with van der Waals surface area (Å²) in [6.45, 7) is 0.481. The molecule has 2 atom stereocenters.